The van der Waals surface area contributed by atoms with Crippen molar-refractivity contribution in [3.8, 4) is 22.8 Å². The molecule has 0 bridgehead atoms. The summed E-state index contributed by atoms with van der Waals surface area (Å²) < 4.78 is 13.6. The van der Waals surface area contributed by atoms with Gasteiger partial charge in [0.1, 0.15) is 12.4 Å². The summed E-state index contributed by atoms with van der Waals surface area (Å²) in [6.07, 6.45) is 3.95. The summed E-state index contributed by atoms with van der Waals surface area (Å²) in [5, 5.41) is 11.2. The van der Waals surface area contributed by atoms with Gasteiger partial charge in [0.05, 0.1) is 18.2 Å². The van der Waals surface area contributed by atoms with E-state index in [0.717, 1.165) is 49.6 Å². The van der Waals surface area contributed by atoms with Gasteiger partial charge in [0.2, 0.25) is 5.88 Å². The van der Waals surface area contributed by atoms with Crippen molar-refractivity contribution in [2.75, 3.05) is 7.11 Å². The second-order valence-corrected chi connectivity index (χ2v) is 14.4. The molecule has 0 unspecified atom stereocenters. The molecule has 0 fully saturated rings. The molecule has 0 saturated heterocycles. The molecule has 2 aromatic carbocycles. The summed E-state index contributed by atoms with van der Waals surface area (Å²) in [5.74, 6) is 0.506. The minimum Gasteiger partial charge on any atom is -1.00 e. The van der Waals surface area contributed by atoms with Crippen LogP contribution in [0.3, 0.4) is 0 Å². The maximum atomic E-state index is 12.3. The number of fused-ring (bicyclic) bond motifs is 1. The third-order valence-electron chi connectivity index (χ3n) is 7.37. The van der Waals surface area contributed by atoms with Crippen molar-refractivity contribution in [3.63, 3.8) is 0 Å². The molecular formula is C36H40N3NaO4S. The molecule has 1 N–H and O–H groups in total. The molecule has 230 valence electrons. The number of thioether (sulfide) groups is 1. The Labute approximate surface area is 293 Å². The molecule has 9 heteroatoms. The van der Waals surface area contributed by atoms with Gasteiger partial charge in [0.25, 0.3) is 0 Å². The van der Waals surface area contributed by atoms with Crippen molar-refractivity contribution < 1.29 is 50.4 Å². The summed E-state index contributed by atoms with van der Waals surface area (Å²) in [6.45, 7) is 11.1. The molecule has 5 rings (SSSR count). The van der Waals surface area contributed by atoms with E-state index < -0.39 is 11.4 Å². The standard InChI is InChI=1S/C36H39N3O4S.Na.H/c1-35(2,3)44-33-29-19-28(43-23-27-9-7-8-18-37-27)15-16-30(29)39(31(33)20-36(4,5)34(40)41)22-24-10-12-25(13-11-24)26-14-17-32(42-6)38-21-26;;/h7-19,21H,20,22-23H2,1-6H3,(H,40,41);;/q;+1;-1. The van der Waals surface area contributed by atoms with Crippen LogP contribution in [0.25, 0.3) is 22.0 Å². The van der Waals surface area contributed by atoms with E-state index in [2.05, 4.69) is 71.7 Å². The molecule has 0 saturated carbocycles. The quantitative estimate of drug-likeness (QED) is 0.154. The second kappa shape index (κ2) is 14.4. The second-order valence-electron chi connectivity index (χ2n) is 12.5. The molecule has 0 aliphatic heterocycles. The van der Waals surface area contributed by atoms with Crippen LogP contribution in [-0.2, 0) is 24.4 Å². The Hall–Kier alpha value is -3.30. The van der Waals surface area contributed by atoms with Crippen LogP contribution in [0.15, 0.2) is 90.1 Å². The monoisotopic (exact) mass is 633 g/mol. The van der Waals surface area contributed by atoms with Crippen molar-refractivity contribution in [2.45, 2.75) is 63.8 Å². The number of aliphatic carboxylic acids is 1. The van der Waals surface area contributed by atoms with Gasteiger partial charge in [-0.2, -0.15) is 0 Å². The van der Waals surface area contributed by atoms with E-state index in [1.165, 1.54) is 0 Å². The summed E-state index contributed by atoms with van der Waals surface area (Å²) in [6, 6.07) is 24.2. The fourth-order valence-electron chi connectivity index (χ4n) is 5.01. The minimum absolute atomic E-state index is 0. The van der Waals surface area contributed by atoms with Crippen molar-refractivity contribution >= 4 is 28.6 Å². The van der Waals surface area contributed by atoms with Gasteiger partial charge in [-0.3, -0.25) is 9.78 Å². The summed E-state index contributed by atoms with van der Waals surface area (Å²) in [5.41, 5.74) is 5.14. The fraction of sp³-hybridized carbons (Fsp3) is 0.306. The Balaban J connectivity index is 0.00000288. The van der Waals surface area contributed by atoms with Gasteiger partial charge < -0.3 is 20.6 Å². The Kier molecular flexibility index (Phi) is 11.1. The number of nitrogens with zero attached hydrogens (tertiary/aromatic N) is 3. The SMILES string of the molecule is COc1ccc(-c2ccc(Cn3c(CC(C)(C)C(=O)O)c(SC(C)(C)C)c4cc(OCc5ccccn5)ccc43)cc2)cn1.[H-].[Na+]. The fourth-order valence-corrected chi connectivity index (χ4v) is 6.20. The van der Waals surface area contributed by atoms with Gasteiger partial charge in [-0.15, -0.1) is 11.8 Å². The number of rotatable bonds is 11. The molecule has 7 nitrogen and oxygen atoms in total. The van der Waals surface area contributed by atoms with Crippen LogP contribution in [0.4, 0.5) is 0 Å². The molecule has 0 aliphatic rings. The normalized spacial score (nSPS) is 11.7. The summed E-state index contributed by atoms with van der Waals surface area (Å²) in [4.78, 5) is 22.1. The van der Waals surface area contributed by atoms with Crippen LogP contribution in [-0.4, -0.2) is 37.5 Å². The Morgan fingerprint density at radius 2 is 1.69 bits per heavy atom. The number of carbonyl (C=O) groups is 1. The Morgan fingerprint density at radius 1 is 0.956 bits per heavy atom. The third-order valence-corrected chi connectivity index (χ3v) is 8.65. The number of ether oxygens (including phenoxy) is 2. The first-order valence-electron chi connectivity index (χ1n) is 14.6. The van der Waals surface area contributed by atoms with Crippen molar-refractivity contribution in [1.82, 2.24) is 14.5 Å². The Morgan fingerprint density at radius 3 is 2.29 bits per heavy atom. The molecule has 0 aliphatic carbocycles. The number of carboxylic acid groups (broad SMARTS) is 1. The molecule has 5 aromatic rings. The zero-order chi connectivity index (χ0) is 31.5. The average Bonchev–Trinajstić information content (AvgIpc) is 3.26. The molecule has 45 heavy (non-hydrogen) atoms. The molecular weight excluding hydrogens is 593 g/mol. The number of methoxy groups -OCH3 is 1. The third kappa shape index (κ3) is 8.50. The molecule has 0 spiro atoms. The first-order valence-corrected chi connectivity index (χ1v) is 15.4. The van der Waals surface area contributed by atoms with E-state index in [4.69, 9.17) is 9.47 Å². The maximum Gasteiger partial charge on any atom is 1.00 e. The van der Waals surface area contributed by atoms with E-state index in [9.17, 15) is 9.90 Å². The van der Waals surface area contributed by atoms with Crippen molar-refractivity contribution in [3.05, 3.63) is 102 Å². The van der Waals surface area contributed by atoms with Crippen LogP contribution < -0.4 is 39.0 Å². The molecule has 0 radical (unpaired) electrons. The first kappa shape index (κ1) is 34.6. The van der Waals surface area contributed by atoms with E-state index in [1.54, 1.807) is 38.9 Å². The van der Waals surface area contributed by atoms with Gasteiger partial charge in [0, 0.05) is 63.2 Å². The molecule has 0 amide bonds. The number of hydrogen-bond donors (Lipinski definition) is 1. The van der Waals surface area contributed by atoms with E-state index in [1.807, 2.05) is 42.6 Å². The summed E-state index contributed by atoms with van der Waals surface area (Å²) >= 11 is 1.77. The van der Waals surface area contributed by atoms with Gasteiger partial charge in [-0.05, 0) is 61.4 Å². The predicted molar refractivity (Wildman–Crippen MR) is 178 cm³/mol. The number of carboxylic acids is 1. The predicted octanol–water partition coefficient (Wildman–Crippen LogP) is 5.39. The van der Waals surface area contributed by atoms with Crippen LogP contribution in [0, 0.1) is 5.41 Å². The zero-order valence-corrected chi connectivity index (χ0v) is 29.9. The number of pyridine rings is 2. The van der Waals surface area contributed by atoms with Gasteiger partial charge in [-0.1, -0.05) is 51.1 Å². The maximum absolute atomic E-state index is 12.3. The van der Waals surface area contributed by atoms with Gasteiger partial charge in [0.15, 0.2) is 0 Å². The smallest absolute Gasteiger partial charge is 1.00 e. The van der Waals surface area contributed by atoms with Gasteiger partial charge >= 0.3 is 35.5 Å². The number of benzene rings is 2. The Bertz CT molecular complexity index is 1750. The van der Waals surface area contributed by atoms with Crippen molar-refractivity contribution in [2.24, 2.45) is 5.41 Å². The van der Waals surface area contributed by atoms with Gasteiger partial charge in [-0.25, -0.2) is 4.98 Å². The molecule has 3 aromatic heterocycles. The number of aromatic nitrogens is 3. The molecule has 3 heterocycles. The van der Waals surface area contributed by atoms with E-state index in [0.29, 0.717) is 25.5 Å². The average molecular weight is 634 g/mol. The number of hydrogen-bond acceptors (Lipinski definition) is 6. The van der Waals surface area contributed by atoms with Crippen LogP contribution in [0.5, 0.6) is 11.6 Å². The topological polar surface area (TPSA) is 86.5 Å². The minimum atomic E-state index is -0.956. The molecule has 0 atom stereocenters. The van der Waals surface area contributed by atoms with E-state index in [-0.39, 0.29) is 35.7 Å². The largest absolute Gasteiger partial charge is 1.00 e. The van der Waals surface area contributed by atoms with E-state index >= 15 is 0 Å². The van der Waals surface area contributed by atoms with Crippen LogP contribution in [0.2, 0.25) is 0 Å². The van der Waals surface area contributed by atoms with Crippen LogP contribution in [0.1, 0.15) is 53.0 Å². The van der Waals surface area contributed by atoms with Crippen LogP contribution >= 0.6 is 11.8 Å². The zero-order valence-electron chi connectivity index (χ0n) is 28.1. The first-order chi connectivity index (χ1) is 20.9. The summed E-state index contributed by atoms with van der Waals surface area (Å²) in [7, 11) is 1.61. The van der Waals surface area contributed by atoms with Crippen molar-refractivity contribution in [1.29, 1.82) is 0 Å².